The Bertz CT molecular complexity index is 491. The first-order valence-electron chi connectivity index (χ1n) is 7.76. The molecule has 2 heterocycles. The van der Waals surface area contributed by atoms with Gasteiger partial charge < -0.3 is 20.5 Å². The van der Waals surface area contributed by atoms with E-state index in [0.717, 1.165) is 25.9 Å². The van der Waals surface area contributed by atoms with E-state index in [9.17, 15) is 9.90 Å². The molecule has 1 fully saturated rings. The summed E-state index contributed by atoms with van der Waals surface area (Å²) in [5.41, 5.74) is 0. The highest BCUT2D eigenvalue weighted by molar-refractivity contribution is 5.77. The number of aliphatic carboxylic acids is 1. The van der Waals surface area contributed by atoms with Crippen molar-refractivity contribution >= 4 is 17.7 Å². The predicted molar refractivity (Wildman–Crippen MR) is 84.0 cm³/mol. The van der Waals surface area contributed by atoms with Gasteiger partial charge >= 0.3 is 5.97 Å². The van der Waals surface area contributed by atoms with Gasteiger partial charge in [-0.25, -0.2) is 9.78 Å². The molecule has 1 aliphatic heterocycles. The fraction of sp³-hybridized carbons (Fsp3) is 0.667. The van der Waals surface area contributed by atoms with Gasteiger partial charge in [-0.15, -0.1) is 0 Å². The van der Waals surface area contributed by atoms with E-state index >= 15 is 0 Å². The summed E-state index contributed by atoms with van der Waals surface area (Å²) in [6.45, 7) is 5.33. The van der Waals surface area contributed by atoms with Crippen LogP contribution in [0.3, 0.4) is 0 Å². The van der Waals surface area contributed by atoms with Gasteiger partial charge in [0.1, 0.15) is 11.9 Å². The average Bonchev–Trinajstić information content (AvgIpc) is 2.53. The molecule has 1 saturated heterocycles. The average molecular weight is 308 g/mol. The van der Waals surface area contributed by atoms with E-state index in [1.807, 2.05) is 13.8 Å². The summed E-state index contributed by atoms with van der Waals surface area (Å²) in [5.74, 6) is 0.108. The van der Waals surface area contributed by atoms with Crippen molar-refractivity contribution in [3.63, 3.8) is 0 Å². The van der Waals surface area contributed by atoms with Crippen LogP contribution in [0.4, 0.5) is 11.8 Å². The molecule has 2 rings (SSSR count). The van der Waals surface area contributed by atoms with E-state index in [1.165, 1.54) is 0 Å². The number of nitrogens with zero attached hydrogens (tertiary/aromatic N) is 2. The SMILES string of the molecule is CC[C@H](C)[C@H](Nc1nccc(NC2CCCOC2)n1)C(=O)O. The number of hydrogen-bond donors (Lipinski definition) is 3. The van der Waals surface area contributed by atoms with E-state index < -0.39 is 12.0 Å². The van der Waals surface area contributed by atoms with Gasteiger partial charge in [-0.1, -0.05) is 20.3 Å². The van der Waals surface area contributed by atoms with Crippen LogP contribution in [-0.2, 0) is 9.53 Å². The molecule has 7 heteroatoms. The molecule has 1 unspecified atom stereocenters. The highest BCUT2D eigenvalue weighted by Crippen LogP contribution is 2.16. The fourth-order valence-corrected chi connectivity index (χ4v) is 2.39. The van der Waals surface area contributed by atoms with Gasteiger partial charge in [0.25, 0.3) is 0 Å². The molecule has 0 amide bonds. The molecule has 0 saturated carbocycles. The van der Waals surface area contributed by atoms with Crippen molar-refractivity contribution in [1.82, 2.24) is 9.97 Å². The number of carboxylic acid groups (broad SMARTS) is 1. The highest BCUT2D eigenvalue weighted by Gasteiger charge is 2.24. The van der Waals surface area contributed by atoms with E-state index in [-0.39, 0.29) is 12.0 Å². The summed E-state index contributed by atoms with van der Waals surface area (Å²) in [7, 11) is 0. The van der Waals surface area contributed by atoms with Gasteiger partial charge in [0.2, 0.25) is 5.95 Å². The van der Waals surface area contributed by atoms with E-state index in [2.05, 4.69) is 20.6 Å². The van der Waals surface area contributed by atoms with Crippen molar-refractivity contribution in [2.24, 2.45) is 5.92 Å². The van der Waals surface area contributed by atoms with Crippen molar-refractivity contribution < 1.29 is 14.6 Å². The number of aromatic nitrogens is 2. The zero-order valence-electron chi connectivity index (χ0n) is 13.1. The third-order valence-corrected chi connectivity index (χ3v) is 3.93. The molecule has 0 radical (unpaired) electrons. The molecule has 1 aliphatic rings. The lowest BCUT2D eigenvalue weighted by molar-refractivity contribution is -0.139. The molecule has 3 N–H and O–H groups in total. The Hall–Kier alpha value is -1.89. The number of ether oxygens (including phenoxy) is 1. The summed E-state index contributed by atoms with van der Waals surface area (Å²) in [6.07, 6.45) is 4.46. The lowest BCUT2D eigenvalue weighted by Crippen LogP contribution is -2.36. The zero-order chi connectivity index (χ0) is 15.9. The lowest BCUT2D eigenvalue weighted by Gasteiger charge is -2.24. The normalized spacial score (nSPS) is 20.9. The number of carbonyl (C=O) groups is 1. The van der Waals surface area contributed by atoms with Crippen LogP contribution in [0, 0.1) is 5.92 Å². The third-order valence-electron chi connectivity index (χ3n) is 3.93. The maximum atomic E-state index is 11.4. The first kappa shape index (κ1) is 16.5. The second-order valence-corrected chi connectivity index (χ2v) is 5.67. The first-order valence-corrected chi connectivity index (χ1v) is 7.76. The molecule has 122 valence electrons. The smallest absolute Gasteiger partial charge is 0.326 e. The quantitative estimate of drug-likeness (QED) is 0.708. The van der Waals surface area contributed by atoms with E-state index in [4.69, 9.17) is 4.74 Å². The van der Waals surface area contributed by atoms with Crippen LogP contribution in [0.2, 0.25) is 0 Å². The topological polar surface area (TPSA) is 96.4 Å². The van der Waals surface area contributed by atoms with Crippen molar-refractivity contribution in [2.75, 3.05) is 23.8 Å². The maximum absolute atomic E-state index is 11.4. The van der Waals surface area contributed by atoms with Crippen LogP contribution in [0.25, 0.3) is 0 Å². The van der Waals surface area contributed by atoms with Crippen molar-refractivity contribution in [3.8, 4) is 0 Å². The predicted octanol–water partition coefficient (Wildman–Crippen LogP) is 1.98. The zero-order valence-corrected chi connectivity index (χ0v) is 13.1. The molecular weight excluding hydrogens is 284 g/mol. The molecule has 0 spiro atoms. The Labute approximate surface area is 130 Å². The monoisotopic (exact) mass is 308 g/mol. The molecule has 0 aliphatic carbocycles. The second kappa shape index (κ2) is 7.93. The molecule has 3 atom stereocenters. The summed E-state index contributed by atoms with van der Waals surface area (Å²) in [6, 6.07) is 1.32. The minimum absolute atomic E-state index is 0.00976. The van der Waals surface area contributed by atoms with E-state index in [1.54, 1.807) is 12.3 Å². The highest BCUT2D eigenvalue weighted by atomic mass is 16.5. The molecule has 0 aromatic carbocycles. The van der Waals surface area contributed by atoms with Crippen LogP contribution in [0.5, 0.6) is 0 Å². The Kier molecular flexibility index (Phi) is 5.94. The van der Waals surface area contributed by atoms with E-state index in [0.29, 0.717) is 18.4 Å². The Balaban J connectivity index is 2.02. The Morgan fingerprint density at radius 3 is 3.05 bits per heavy atom. The molecule has 0 bridgehead atoms. The molecule has 1 aromatic rings. The summed E-state index contributed by atoms with van der Waals surface area (Å²) < 4.78 is 5.43. The number of anilines is 2. The number of hydrogen-bond acceptors (Lipinski definition) is 6. The summed E-state index contributed by atoms with van der Waals surface area (Å²) in [5, 5.41) is 15.5. The van der Waals surface area contributed by atoms with Gasteiger partial charge in [0.15, 0.2) is 0 Å². The first-order chi connectivity index (χ1) is 10.6. The maximum Gasteiger partial charge on any atom is 0.326 e. The minimum Gasteiger partial charge on any atom is -0.480 e. The number of rotatable bonds is 7. The Morgan fingerprint density at radius 2 is 2.41 bits per heavy atom. The van der Waals surface area contributed by atoms with Gasteiger partial charge in [0, 0.05) is 12.8 Å². The van der Waals surface area contributed by atoms with Crippen LogP contribution in [0.1, 0.15) is 33.1 Å². The van der Waals surface area contributed by atoms with Crippen LogP contribution >= 0.6 is 0 Å². The van der Waals surface area contributed by atoms with Crippen LogP contribution in [0.15, 0.2) is 12.3 Å². The number of nitrogens with one attached hydrogen (secondary N) is 2. The minimum atomic E-state index is -0.892. The van der Waals surface area contributed by atoms with Gasteiger partial charge in [-0.05, 0) is 24.8 Å². The standard InChI is InChI=1S/C15H24N4O3/c1-3-10(2)13(14(20)21)19-15-16-7-6-12(18-15)17-11-5-4-8-22-9-11/h6-7,10-11,13H,3-5,8-9H2,1-2H3,(H,20,21)(H2,16,17,18,19)/t10-,11?,13-/m0/s1. The summed E-state index contributed by atoms with van der Waals surface area (Å²) in [4.78, 5) is 19.8. The Morgan fingerprint density at radius 1 is 1.59 bits per heavy atom. The fourth-order valence-electron chi connectivity index (χ4n) is 2.39. The second-order valence-electron chi connectivity index (χ2n) is 5.67. The number of carboxylic acids is 1. The van der Waals surface area contributed by atoms with Crippen molar-refractivity contribution in [3.05, 3.63) is 12.3 Å². The lowest BCUT2D eigenvalue weighted by atomic mass is 9.99. The van der Waals surface area contributed by atoms with Gasteiger partial charge in [-0.2, -0.15) is 4.98 Å². The summed E-state index contributed by atoms with van der Waals surface area (Å²) >= 11 is 0. The molecular formula is C15H24N4O3. The van der Waals surface area contributed by atoms with Gasteiger partial charge in [-0.3, -0.25) is 0 Å². The largest absolute Gasteiger partial charge is 0.480 e. The van der Waals surface area contributed by atoms with Crippen molar-refractivity contribution in [1.29, 1.82) is 0 Å². The molecule has 22 heavy (non-hydrogen) atoms. The van der Waals surface area contributed by atoms with Gasteiger partial charge in [0.05, 0.1) is 12.6 Å². The third kappa shape index (κ3) is 4.56. The van der Waals surface area contributed by atoms with Crippen LogP contribution in [-0.4, -0.2) is 46.3 Å². The van der Waals surface area contributed by atoms with Crippen LogP contribution < -0.4 is 10.6 Å². The molecule has 1 aromatic heterocycles. The van der Waals surface area contributed by atoms with Crippen molar-refractivity contribution in [2.45, 2.75) is 45.2 Å². The molecule has 7 nitrogen and oxygen atoms in total.